The van der Waals surface area contributed by atoms with E-state index in [1.165, 1.54) is 0 Å². The molecule has 1 amide bonds. The first-order valence-electron chi connectivity index (χ1n) is 7.24. The van der Waals surface area contributed by atoms with Crippen molar-refractivity contribution in [2.75, 3.05) is 12.4 Å². The molecule has 0 saturated heterocycles. The van der Waals surface area contributed by atoms with Crippen molar-refractivity contribution in [3.63, 3.8) is 0 Å². The summed E-state index contributed by atoms with van der Waals surface area (Å²) in [5, 5.41) is 5.94. The molecule has 24 heavy (non-hydrogen) atoms. The molecule has 1 aromatic heterocycles. The molecule has 0 bridgehead atoms. The second kappa shape index (κ2) is 7.15. The molecule has 3 aromatic rings. The maximum atomic E-state index is 12.5. The third-order valence-corrected chi connectivity index (χ3v) is 4.89. The summed E-state index contributed by atoms with van der Waals surface area (Å²) >= 11 is 5.01. The van der Waals surface area contributed by atoms with Gasteiger partial charge in [-0.2, -0.15) is 0 Å². The second-order valence-electron chi connectivity index (χ2n) is 5.13. The van der Waals surface area contributed by atoms with Gasteiger partial charge in [0.25, 0.3) is 5.91 Å². The molecule has 0 atom stereocenters. The molecule has 4 nitrogen and oxygen atoms in total. The molecule has 3 rings (SSSR count). The highest BCUT2D eigenvalue weighted by Gasteiger charge is 2.12. The average molecular weight is 403 g/mol. The van der Waals surface area contributed by atoms with Gasteiger partial charge in [-0.15, -0.1) is 11.3 Å². The Labute approximate surface area is 152 Å². The summed E-state index contributed by atoms with van der Waals surface area (Å²) in [5.41, 5.74) is 3.17. The molecule has 1 heterocycles. The number of ether oxygens (including phenoxy) is 1. The molecule has 6 heteroatoms. The van der Waals surface area contributed by atoms with Gasteiger partial charge in [-0.05, 0) is 53.2 Å². The highest BCUT2D eigenvalue weighted by molar-refractivity contribution is 9.10. The van der Waals surface area contributed by atoms with Crippen LogP contribution in [0.15, 0.2) is 52.3 Å². The summed E-state index contributed by atoms with van der Waals surface area (Å²) in [6, 6.07) is 12.9. The van der Waals surface area contributed by atoms with Crippen molar-refractivity contribution in [2.45, 2.75) is 6.92 Å². The number of nitrogens with one attached hydrogen (secondary N) is 1. The van der Waals surface area contributed by atoms with Crippen LogP contribution in [0.1, 0.15) is 15.4 Å². The first kappa shape index (κ1) is 16.7. The monoisotopic (exact) mass is 402 g/mol. The molecule has 0 unspecified atom stereocenters. The minimum absolute atomic E-state index is 0.184. The van der Waals surface area contributed by atoms with E-state index < -0.39 is 0 Å². The maximum absolute atomic E-state index is 12.5. The van der Waals surface area contributed by atoms with E-state index in [2.05, 4.69) is 26.2 Å². The lowest BCUT2D eigenvalue weighted by Gasteiger charge is -2.09. The van der Waals surface area contributed by atoms with Crippen LogP contribution in [0.3, 0.4) is 0 Å². The maximum Gasteiger partial charge on any atom is 0.256 e. The molecule has 122 valence electrons. The molecule has 0 spiro atoms. The molecule has 0 fully saturated rings. The Kier molecular flexibility index (Phi) is 4.97. The van der Waals surface area contributed by atoms with Crippen molar-refractivity contribution in [3.05, 3.63) is 62.9 Å². The fourth-order valence-electron chi connectivity index (χ4n) is 2.26. The number of aromatic nitrogens is 1. The van der Waals surface area contributed by atoms with Gasteiger partial charge < -0.3 is 10.1 Å². The van der Waals surface area contributed by atoms with Gasteiger partial charge in [0.15, 0.2) is 0 Å². The number of rotatable bonds is 4. The third kappa shape index (κ3) is 3.66. The van der Waals surface area contributed by atoms with Crippen LogP contribution in [0, 0.1) is 6.92 Å². The Morgan fingerprint density at radius 1 is 1.25 bits per heavy atom. The first-order valence-corrected chi connectivity index (χ1v) is 8.91. The number of carbonyl (C=O) groups excluding carboxylic acids is 1. The van der Waals surface area contributed by atoms with Gasteiger partial charge in [0, 0.05) is 21.1 Å². The number of aryl methyl sites for hydroxylation is 1. The Morgan fingerprint density at radius 3 is 2.75 bits per heavy atom. The highest BCUT2D eigenvalue weighted by atomic mass is 79.9. The molecular weight excluding hydrogens is 388 g/mol. The highest BCUT2D eigenvalue weighted by Crippen LogP contribution is 2.26. The van der Waals surface area contributed by atoms with Crippen LogP contribution in [0.4, 0.5) is 5.69 Å². The molecule has 2 aromatic carbocycles. The Balaban J connectivity index is 1.82. The van der Waals surface area contributed by atoms with Gasteiger partial charge in [0.2, 0.25) is 0 Å². The van der Waals surface area contributed by atoms with Crippen LogP contribution in [0.5, 0.6) is 5.75 Å². The van der Waals surface area contributed by atoms with Gasteiger partial charge >= 0.3 is 0 Å². The van der Waals surface area contributed by atoms with Gasteiger partial charge in [-0.25, -0.2) is 4.98 Å². The van der Waals surface area contributed by atoms with Crippen molar-refractivity contribution in [2.24, 2.45) is 0 Å². The second-order valence-corrected chi connectivity index (χ2v) is 7.05. The van der Waals surface area contributed by atoms with E-state index in [0.717, 1.165) is 22.0 Å². The number of benzene rings is 2. The SMILES string of the molecule is COc1ccc(C(=O)Nc2cccc(-c3csc(C)n3)c2)c(Br)c1. The summed E-state index contributed by atoms with van der Waals surface area (Å²) in [6.45, 7) is 1.97. The Bertz CT molecular complexity index is 892. The van der Waals surface area contributed by atoms with Crippen LogP contribution in [-0.2, 0) is 0 Å². The normalized spacial score (nSPS) is 10.5. The Morgan fingerprint density at radius 2 is 2.08 bits per heavy atom. The zero-order valence-corrected chi connectivity index (χ0v) is 15.6. The minimum Gasteiger partial charge on any atom is -0.497 e. The standard InChI is InChI=1S/C18H15BrN2O2S/c1-11-20-17(10-24-11)12-4-3-5-13(8-12)21-18(22)15-7-6-14(23-2)9-16(15)19/h3-10H,1-2H3,(H,21,22). The van der Waals surface area contributed by atoms with E-state index in [1.54, 1.807) is 36.6 Å². The van der Waals surface area contributed by atoms with Crippen molar-refractivity contribution < 1.29 is 9.53 Å². The van der Waals surface area contributed by atoms with Crippen LogP contribution in [-0.4, -0.2) is 18.0 Å². The Hall–Kier alpha value is -2.18. The van der Waals surface area contributed by atoms with E-state index in [0.29, 0.717) is 15.8 Å². The fourth-order valence-corrected chi connectivity index (χ4v) is 3.42. The molecule has 1 N–H and O–H groups in total. The number of methoxy groups -OCH3 is 1. The largest absolute Gasteiger partial charge is 0.497 e. The summed E-state index contributed by atoms with van der Waals surface area (Å²) in [7, 11) is 1.59. The topological polar surface area (TPSA) is 51.2 Å². The van der Waals surface area contributed by atoms with Crippen molar-refractivity contribution >= 4 is 38.9 Å². The number of amides is 1. The lowest BCUT2D eigenvalue weighted by molar-refractivity contribution is 0.102. The van der Waals surface area contributed by atoms with Gasteiger partial charge in [-0.3, -0.25) is 4.79 Å². The minimum atomic E-state index is -0.184. The smallest absolute Gasteiger partial charge is 0.256 e. The van der Waals surface area contributed by atoms with E-state index in [9.17, 15) is 4.79 Å². The third-order valence-electron chi connectivity index (χ3n) is 3.46. The average Bonchev–Trinajstić information content (AvgIpc) is 3.01. The molecule has 0 aliphatic carbocycles. The predicted octanol–water partition coefficient (Wildman–Crippen LogP) is 5.14. The number of hydrogen-bond acceptors (Lipinski definition) is 4. The zero-order valence-electron chi connectivity index (χ0n) is 13.2. The van der Waals surface area contributed by atoms with Crippen LogP contribution >= 0.6 is 27.3 Å². The number of anilines is 1. The van der Waals surface area contributed by atoms with Crippen LogP contribution in [0.2, 0.25) is 0 Å². The van der Waals surface area contributed by atoms with Crippen LogP contribution in [0.25, 0.3) is 11.3 Å². The summed E-state index contributed by atoms with van der Waals surface area (Å²) in [6.07, 6.45) is 0. The van der Waals surface area contributed by atoms with E-state index in [4.69, 9.17) is 4.74 Å². The number of carbonyl (C=O) groups is 1. The lowest BCUT2D eigenvalue weighted by Crippen LogP contribution is -2.12. The first-order chi connectivity index (χ1) is 11.6. The number of halogens is 1. The summed E-state index contributed by atoms with van der Waals surface area (Å²) in [4.78, 5) is 17.0. The molecule has 0 aliphatic rings. The lowest BCUT2D eigenvalue weighted by atomic mass is 10.1. The van der Waals surface area contributed by atoms with Crippen LogP contribution < -0.4 is 10.1 Å². The quantitative estimate of drug-likeness (QED) is 0.656. The molecule has 0 aliphatic heterocycles. The predicted molar refractivity (Wildman–Crippen MR) is 101 cm³/mol. The van der Waals surface area contributed by atoms with E-state index >= 15 is 0 Å². The fraction of sp³-hybridized carbons (Fsp3) is 0.111. The van der Waals surface area contributed by atoms with Gasteiger partial charge in [0.05, 0.1) is 23.4 Å². The summed E-state index contributed by atoms with van der Waals surface area (Å²) in [5.74, 6) is 0.510. The van der Waals surface area contributed by atoms with Gasteiger partial charge in [-0.1, -0.05) is 12.1 Å². The number of thiazole rings is 1. The van der Waals surface area contributed by atoms with Gasteiger partial charge in [0.1, 0.15) is 5.75 Å². The van der Waals surface area contributed by atoms with E-state index in [-0.39, 0.29) is 5.91 Å². The zero-order chi connectivity index (χ0) is 17.1. The molecule has 0 radical (unpaired) electrons. The molecular formula is C18H15BrN2O2S. The van der Waals surface area contributed by atoms with Crippen molar-refractivity contribution in [1.29, 1.82) is 0 Å². The number of nitrogens with zero attached hydrogens (tertiary/aromatic N) is 1. The van der Waals surface area contributed by atoms with Crippen molar-refractivity contribution in [3.8, 4) is 17.0 Å². The summed E-state index contributed by atoms with van der Waals surface area (Å²) < 4.78 is 5.83. The molecule has 0 saturated carbocycles. The van der Waals surface area contributed by atoms with Crippen molar-refractivity contribution in [1.82, 2.24) is 4.98 Å². The number of hydrogen-bond donors (Lipinski definition) is 1. The van der Waals surface area contributed by atoms with E-state index in [1.807, 2.05) is 36.6 Å².